The first-order valence-electron chi connectivity index (χ1n) is 6.42. The molecule has 5 heteroatoms. The number of amides is 1. The van der Waals surface area contributed by atoms with Gasteiger partial charge in [0.2, 0.25) is 0 Å². The largest absolute Gasteiger partial charge is 0.508 e. The van der Waals surface area contributed by atoms with Gasteiger partial charge in [0.05, 0.1) is 5.56 Å². The lowest BCUT2D eigenvalue weighted by atomic mass is 9.89. The van der Waals surface area contributed by atoms with Crippen molar-refractivity contribution in [1.82, 2.24) is 10.2 Å². The number of hydrogen-bond acceptors (Lipinski definition) is 3. The zero-order chi connectivity index (χ0) is 14.0. The molecule has 2 N–H and O–H groups in total. The molecule has 0 radical (unpaired) electrons. The van der Waals surface area contributed by atoms with E-state index in [1.165, 1.54) is 12.1 Å². The second kappa shape index (κ2) is 5.17. The molecule has 1 heterocycles. The Morgan fingerprint density at radius 3 is 2.58 bits per heavy atom. The van der Waals surface area contributed by atoms with Gasteiger partial charge in [-0.1, -0.05) is 0 Å². The molecule has 1 aromatic carbocycles. The van der Waals surface area contributed by atoms with Crippen molar-refractivity contribution in [2.75, 3.05) is 20.1 Å². The van der Waals surface area contributed by atoms with Crippen molar-refractivity contribution in [1.29, 1.82) is 0 Å². The number of aromatic hydroxyl groups is 1. The van der Waals surface area contributed by atoms with Crippen molar-refractivity contribution >= 4 is 5.91 Å². The minimum atomic E-state index is -0.674. The third-order valence-corrected chi connectivity index (χ3v) is 3.94. The number of carbonyl (C=O) groups excluding carboxylic acids is 1. The van der Waals surface area contributed by atoms with E-state index in [4.69, 9.17) is 5.11 Å². The van der Waals surface area contributed by atoms with Gasteiger partial charge >= 0.3 is 0 Å². The van der Waals surface area contributed by atoms with Gasteiger partial charge in [-0.2, -0.15) is 0 Å². The minimum Gasteiger partial charge on any atom is -0.508 e. The van der Waals surface area contributed by atoms with E-state index in [2.05, 4.69) is 12.2 Å². The summed E-state index contributed by atoms with van der Waals surface area (Å²) >= 11 is 0. The number of nitrogens with zero attached hydrogens (tertiary/aromatic N) is 1. The van der Waals surface area contributed by atoms with Crippen molar-refractivity contribution < 1.29 is 14.3 Å². The average Bonchev–Trinajstić information content (AvgIpc) is 2.39. The summed E-state index contributed by atoms with van der Waals surface area (Å²) in [6.45, 7) is 3.34. The van der Waals surface area contributed by atoms with E-state index in [1.54, 1.807) is 4.90 Å². The van der Waals surface area contributed by atoms with Gasteiger partial charge < -0.3 is 15.3 Å². The Bertz CT molecular complexity index is 482. The van der Waals surface area contributed by atoms with Crippen molar-refractivity contribution in [2.45, 2.75) is 25.3 Å². The Morgan fingerprint density at radius 1 is 1.42 bits per heavy atom. The van der Waals surface area contributed by atoms with Crippen molar-refractivity contribution in [3.8, 4) is 5.75 Å². The summed E-state index contributed by atoms with van der Waals surface area (Å²) in [5.41, 5.74) is 0.0652. The van der Waals surface area contributed by atoms with Crippen LogP contribution in [0.3, 0.4) is 0 Å². The molecular weight excluding hydrogens is 247 g/mol. The van der Waals surface area contributed by atoms with Gasteiger partial charge in [-0.05, 0) is 38.9 Å². The zero-order valence-corrected chi connectivity index (χ0v) is 11.2. The number of phenolic OH excluding ortho intramolecular Hbond substituents is 1. The minimum absolute atomic E-state index is 0.0193. The molecule has 1 aliphatic heterocycles. The molecule has 0 aliphatic carbocycles. The lowest BCUT2D eigenvalue weighted by molar-refractivity contribution is 0.0657. The van der Waals surface area contributed by atoms with Crippen LogP contribution in [0.15, 0.2) is 18.2 Å². The van der Waals surface area contributed by atoms with Crippen LogP contribution in [0.5, 0.6) is 5.75 Å². The third kappa shape index (κ3) is 2.87. The van der Waals surface area contributed by atoms with E-state index >= 15 is 0 Å². The second-order valence-corrected chi connectivity index (χ2v) is 5.27. The van der Waals surface area contributed by atoms with E-state index in [0.29, 0.717) is 13.1 Å². The van der Waals surface area contributed by atoms with Crippen molar-refractivity contribution in [2.24, 2.45) is 0 Å². The highest BCUT2D eigenvalue weighted by atomic mass is 19.1. The molecule has 19 heavy (non-hydrogen) atoms. The van der Waals surface area contributed by atoms with Gasteiger partial charge in [0, 0.05) is 24.7 Å². The Morgan fingerprint density at radius 2 is 2.05 bits per heavy atom. The molecule has 2 rings (SSSR count). The summed E-state index contributed by atoms with van der Waals surface area (Å²) in [5, 5.41) is 12.4. The number of halogens is 1. The molecule has 0 bridgehead atoms. The Kier molecular flexibility index (Phi) is 3.75. The fourth-order valence-corrected chi connectivity index (χ4v) is 2.30. The lowest BCUT2D eigenvalue weighted by Crippen LogP contribution is -2.51. The third-order valence-electron chi connectivity index (χ3n) is 3.94. The molecule has 1 aliphatic rings. The van der Waals surface area contributed by atoms with Gasteiger partial charge in [0.15, 0.2) is 0 Å². The summed E-state index contributed by atoms with van der Waals surface area (Å²) in [6, 6.07) is 3.63. The summed E-state index contributed by atoms with van der Waals surface area (Å²) in [4.78, 5) is 13.9. The zero-order valence-electron chi connectivity index (χ0n) is 11.2. The van der Waals surface area contributed by atoms with Crippen molar-refractivity contribution in [3.05, 3.63) is 29.6 Å². The van der Waals surface area contributed by atoms with E-state index < -0.39 is 5.82 Å². The summed E-state index contributed by atoms with van der Waals surface area (Å²) < 4.78 is 13.7. The Hall–Kier alpha value is -1.62. The number of piperidine rings is 1. The summed E-state index contributed by atoms with van der Waals surface area (Å²) in [7, 11) is 1.91. The van der Waals surface area contributed by atoms with Crippen LogP contribution in [-0.2, 0) is 0 Å². The SMILES string of the molecule is CNC1(C)CCN(C(=O)c2ccc(O)cc2F)CC1. The molecule has 1 saturated heterocycles. The van der Waals surface area contributed by atoms with Crippen LogP contribution in [0.4, 0.5) is 4.39 Å². The standard InChI is InChI=1S/C14H19FN2O2/c1-14(16-2)5-7-17(8-6-14)13(19)11-4-3-10(18)9-12(11)15/h3-4,9,16,18H,5-8H2,1-2H3. The first-order valence-corrected chi connectivity index (χ1v) is 6.42. The Labute approximate surface area is 112 Å². The molecular formula is C14H19FN2O2. The molecule has 0 atom stereocenters. The lowest BCUT2D eigenvalue weighted by Gasteiger charge is -2.39. The molecule has 0 unspecified atom stereocenters. The first kappa shape index (κ1) is 13.8. The molecule has 4 nitrogen and oxygen atoms in total. The highest BCUT2D eigenvalue weighted by Crippen LogP contribution is 2.24. The van der Waals surface area contributed by atoms with Gasteiger partial charge in [-0.15, -0.1) is 0 Å². The van der Waals surface area contributed by atoms with E-state index in [-0.39, 0.29) is 22.8 Å². The highest BCUT2D eigenvalue weighted by molar-refractivity contribution is 5.94. The monoisotopic (exact) mass is 266 g/mol. The topological polar surface area (TPSA) is 52.6 Å². The molecule has 104 valence electrons. The number of rotatable bonds is 2. The fraction of sp³-hybridized carbons (Fsp3) is 0.500. The fourth-order valence-electron chi connectivity index (χ4n) is 2.30. The predicted octanol–water partition coefficient (Wildman–Crippen LogP) is 1.75. The molecule has 0 spiro atoms. The first-order chi connectivity index (χ1) is 8.95. The van der Waals surface area contributed by atoms with E-state index in [0.717, 1.165) is 18.9 Å². The predicted molar refractivity (Wildman–Crippen MR) is 70.7 cm³/mol. The quantitative estimate of drug-likeness (QED) is 0.857. The number of benzene rings is 1. The van der Waals surface area contributed by atoms with Crippen LogP contribution in [0.1, 0.15) is 30.1 Å². The van der Waals surface area contributed by atoms with Crippen LogP contribution < -0.4 is 5.32 Å². The van der Waals surface area contributed by atoms with Gasteiger partial charge in [0.25, 0.3) is 5.91 Å². The van der Waals surface area contributed by atoms with Gasteiger partial charge in [0.1, 0.15) is 11.6 Å². The smallest absolute Gasteiger partial charge is 0.256 e. The van der Waals surface area contributed by atoms with E-state index in [1.807, 2.05) is 7.05 Å². The second-order valence-electron chi connectivity index (χ2n) is 5.27. The van der Waals surface area contributed by atoms with Crippen LogP contribution >= 0.6 is 0 Å². The number of carbonyl (C=O) groups is 1. The van der Waals surface area contributed by atoms with Crippen LogP contribution in [-0.4, -0.2) is 41.6 Å². The van der Waals surface area contributed by atoms with Crippen LogP contribution in [0.25, 0.3) is 0 Å². The molecule has 0 aromatic heterocycles. The van der Waals surface area contributed by atoms with Crippen LogP contribution in [0, 0.1) is 5.82 Å². The summed E-state index contributed by atoms with van der Waals surface area (Å²) in [5.74, 6) is -1.15. The normalized spacial score (nSPS) is 18.4. The van der Waals surface area contributed by atoms with Crippen LogP contribution in [0.2, 0.25) is 0 Å². The molecule has 0 saturated carbocycles. The maximum absolute atomic E-state index is 13.7. The number of nitrogens with one attached hydrogen (secondary N) is 1. The Balaban J connectivity index is 2.09. The molecule has 1 amide bonds. The maximum Gasteiger partial charge on any atom is 0.256 e. The van der Waals surface area contributed by atoms with Gasteiger partial charge in [-0.25, -0.2) is 4.39 Å². The highest BCUT2D eigenvalue weighted by Gasteiger charge is 2.31. The maximum atomic E-state index is 13.7. The van der Waals surface area contributed by atoms with Gasteiger partial charge in [-0.3, -0.25) is 4.79 Å². The summed E-state index contributed by atoms with van der Waals surface area (Å²) in [6.07, 6.45) is 1.68. The van der Waals surface area contributed by atoms with E-state index in [9.17, 15) is 9.18 Å². The average molecular weight is 266 g/mol. The number of hydrogen-bond donors (Lipinski definition) is 2. The molecule has 1 aromatic rings. The number of likely N-dealkylation sites (tertiary alicyclic amines) is 1. The number of phenols is 1. The van der Waals surface area contributed by atoms with Crippen molar-refractivity contribution in [3.63, 3.8) is 0 Å². The molecule has 1 fully saturated rings.